The molecule has 1 unspecified atom stereocenters. The number of Topliss-reactive ketones (excluding diaryl/α,β-unsaturated/α-hetero) is 1. The Kier molecular flexibility index (Phi) is 5.15. The zero-order valence-corrected chi connectivity index (χ0v) is 13.3. The lowest BCUT2D eigenvalue weighted by molar-refractivity contribution is -0.147. The maximum absolute atomic E-state index is 12.3. The van der Waals surface area contributed by atoms with Gasteiger partial charge in [-0.05, 0) is 25.5 Å². The Labute approximate surface area is 134 Å². The number of aryl methyl sites for hydroxylation is 2. The summed E-state index contributed by atoms with van der Waals surface area (Å²) in [5.74, 6) is -1.67. The van der Waals surface area contributed by atoms with Crippen molar-refractivity contribution in [3.8, 4) is 0 Å². The fourth-order valence-corrected chi connectivity index (χ4v) is 2.61. The highest BCUT2D eigenvalue weighted by Gasteiger charge is 2.43. The van der Waals surface area contributed by atoms with Crippen LogP contribution in [0.15, 0.2) is 18.2 Å². The van der Waals surface area contributed by atoms with Crippen LogP contribution in [0.25, 0.3) is 0 Å². The lowest BCUT2D eigenvalue weighted by Gasteiger charge is -2.23. The molecule has 124 valence electrons. The highest BCUT2D eigenvalue weighted by Crippen LogP contribution is 2.20. The van der Waals surface area contributed by atoms with Crippen LogP contribution in [0.3, 0.4) is 0 Å². The molecule has 1 heterocycles. The van der Waals surface area contributed by atoms with Crippen LogP contribution in [0.5, 0.6) is 0 Å². The van der Waals surface area contributed by atoms with Crippen LogP contribution in [-0.4, -0.2) is 41.5 Å². The van der Waals surface area contributed by atoms with Crippen molar-refractivity contribution in [2.75, 3.05) is 13.2 Å². The minimum atomic E-state index is -1.36. The summed E-state index contributed by atoms with van der Waals surface area (Å²) in [6.45, 7) is 4.01. The third-order valence-corrected chi connectivity index (χ3v) is 4.08. The average molecular weight is 319 g/mol. The number of carboxylic acids is 1. The van der Waals surface area contributed by atoms with Crippen LogP contribution in [0, 0.1) is 13.8 Å². The Morgan fingerprint density at radius 2 is 2.00 bits per heavy atom. The summed E-state index contributed by atoms with van der Waals surface area (Å²) in [6, 6.07) is 5.60. The van der Waals surface area contributed by atoms with E-state index in [1.165, 1.54) is 0 Å². The molecule has 1 saturated heterocycles. The Morgan fingerprint density at radius 1 is 1.26 bits per heavy atom. The Morgan fingerprint density at radius 3 is 2.61 bits per heavy atom. The number of ketones is 1. The minimum Gasteiger partial charge on any atom is -0.479 e. The predicted molar refractivity (Wildman–Crippen MR) is 83.4 cm³/mol. The highest BCUT2D eigenvalue weighted by molar-refractivity contribution is 5.99. The van der Waals surface area contributed by atoms with Gasteiger partial charge in [-0.1, -0.05) is 17.7 Å². The van der Waals surface area contributed by atoms with Gasteiger partial charge in [-0.2, -0.15) is 0 Å². The van der Waals surface area contributed by atoms with Gasteiger partial charge in [0, 0.05) is 31.4 Å². The van der Waals surface area contributed by atoms with Crippen LogP contribution in [-0.2, 0) is 14.3 Å². The molecule has 2 rings (SSSR count). The van der Waals surface area contributed by atoms with E-state index in [1.54, 1.807) is 6.07 Å². The number of hydrogen-bond acceptors (Lipinski definition) is 4. The SMILES string of the molecule is Cc1ccc(C)c(C(=O)CCC(=O)NC2(C(=O)O)CCOC2)c1. The lowest BCUT2D eigenvalue weighted by Crippen LogP contribution is -2.55. The molecule has 2 N–H and O–H groups in total. The van der Waals surface area contributed by atoms with Gasteiger partial charge in [0.2, 0.25) is 5.91 Å². The second-order valence-corrected chi connectivity index (χ2v) is 5.98. The summed E-state index contributed by atoms with van der Waals surface area (Å²) in [6.07, 6.45) is 0.243. The van der Waals surface area contributed by atoms with Gasteiger partial charge in [0.05, 0.1) is 6.61 Å². The summed E-state index contributed by atoms with van der Waals surface area (Å²) in [5, 5.41) is 11.8. The van der Waals surface area contributed by atoms with Crippen LogP contribution in [0.1, 0.15) is 40.7 Å². The first-order chi connectivity index (χ1) is 10.8. The molecular weight excluding hydrogens is 298 g/mol. The maximum atomic E-state index is 12.3. The number of rotatable bonds is 6. The van der Waals surface area contributed by atoms with Crippen LogP contribution in [0.2, 0.25) is 0 Å². The first-order valence-corrected chi connectivity index (χ1v) is 7.57. The number of benzene rings is 1. The molecule has 1 aliphatic rings. The smallest absolute Gasteiger partial charge is 0.331 e. The molecule has 1 aliphatic heterocycles. The summed E-state index contributed by atoms with van der Waals surface area (Å²) in [7, 11) is 0. The lowest BCUT2D eigenvalue weighted by atomic mass is 9.97. The summed E-state index contributed by atoms with van der Waals surface area (Å²) < 4.78 is 5.08. The predicted octanol–water partition coefficient (Wildman–Crippen LogP) is 1.63. The third-order valence-electron chi connectivity index (χ3n) is 4.08. The molecule has 1 aromatic rings. The van der Waals surface area contributed by atoms with E-state index in [0.717, 1.165) is 11.1 Å². The Bertz CT molecular complexity index is 632. The van der Waals surface area contributed by atoms with Gasteiger partial charge in [0.15, 0.2) is 11.3 Å². The molecule has 0 aromatic heterocycles. The highest BCUT2D eigenvalue weighted by atomic mass is 16.5. The molecule has 0 aliphatic carbocycles. The van der Waals surface area contributed by atoms with E-state index in [2.05, 4.69) is 5.32 Å². The van der Waals surface area contributed by atoms with Crippen molar-refractivity contribution in [1.82, 2.24) is 5.32 Å². The third kappa shape index (κ3) is 3.96. The van der Waals surface area contributed by atoms with Gasteiger partial charge in [-0.3, -0.25) is 9.59 Å². The maximum Gasteiger partial charge on any atom is 0.331 e. The fraction of sp³-hybridized carbons (Fsp3) is 0.471. The minimum absolute atomic E-state index is 0.0404. The summed E-state index contributed by atoms with van der Waals surface area (Å²) >= 11 is 0. The largest absolute Gasteiger partial charge is 0.479 e. The zero-order chi connectivity index (χ0) is 17.0. The standard InChI is InChI=1S/C17H21NO5/c1-11-3-4-12(2)13(9-11)14(19)5-6-15(20)18-17(16(21)22)7-8-23-10-17/h3-4,9H,5-8,10H2,1-2H3,(H,18,20)(H,21,22). The average Bonchev–Trinajstić information content (AvgIpc) is 2.97. The first-order valence-electron chi connectivity index (χ1n) is 7.57. The van der Waals surface area contributed by atoms with Crippen LogP contribution in [0.4, 0.5) is 0 Å². The van der Waals surface area contributed by atoms with E-state index in [0.29, 0.717) is 12.2 Å². The van der Waals surface area contributed by atoms with Gasteiger partial charge in [-0.15, -0.1) is 0 Å². The van der Waals surface area contributed by atoms with Crippen LogP contribution >= 0.6 is 0 Å². The Balaban J connectivity index is 1.95. The second-order valence-electron chi connectivity index (χ2n) is 5.98. The van der Waals surface area contributed by atoms with E-state index in [-0.39, 0.29) is 31.7 Å². The van der Waals surface area contributed by atoms with Crippen molar-refractivity contribution in [2.24, 2.45) is 0 Å². The summed E-state index contributed by atoms with van der Waals surface area (Å²) in [5.41, 5.74) is 1.10. The normalized spacial score (nSPS) is 20.3. The molecule has 1 atom stereocenters. The number of carboxylic acid groups (broad SMARTS) is 1. The van der Waals surface area contributed by atoms with Crippen molar-refractivity contribution in [3.63, 3.8) is 0 Å². The van der Waals surface area contributed by atoms with Gasteiger partial charge in [0.1, 0.15) is 0 Å². The molecule has 23 heavy (non-hydrogen) atoms. The molecule has 6 heteroatoms. The van der Waals surface area contributed by atoms with Gasteiger partial charge in [-0.25, -0.2) is 4.79 Å². The molecule has 6 nitrogen and oxygen atoms in total. The molecule has 1 fully saturated rings. The first kappa shape index (κ1) is 17.1. The number of carbonyl (C=O) groups excluding carboxylic acids is 2. The monoisotopic (exact) mass is 319 g/mol. The van der Waals surface area contributed by atoms with Crippen molar-refractivity contribution in [3.05, 3.63) is 34.9 Å². The van der Waals surface area contributed by atoms with E-state index in [4.69, 9.17) is 4.74 Å². The molecule has 1 amide bonds. The van der Waals surface area contributed by atoms with Crippen molar-refractivity contribution in [2.45, 2.75) is 38.6 Å². The molecule has 0 radical (unpaired) electrons. The number of aliphatic carboxylic acids is 1. The molecule has 1 aromatic carbocycles. The number of amides is 1. The quantitative estimate of drug-likeness (QED) is 0.777. The number of ether oxygens (including phenoxy) is 1. The second kappa shape index (κ2) is 6.91. The molecule has 0 saturated carbocycles. The zero-order valence-electron chi connectivity index (χ0n) is 13.3. The van der Waals surface area contributed by atoms with E-state index in [1.807, 2.05) is 26.0 Å². The molecule has 0 spiro atoms. The number of hydrogen-bond donors (Lipinski definition) is 2. The van der Waals surface area contributed by atoms with E-state index < -0.39 is 17.4 Å². The van der Waals surface area contributed by atoms with Crippen molar-refractivity contribution in [1.29, 1.82) is 0 Å². The van der Waals surface area contributed by atoms with E-state index >= 15 is 0 Å². The number of carbonyl (C=O) groups is 3. The molecule has 0 bridgehead atoms. The van der Waals surface area contributed by atoms with Crippen LogP contribution < -0.4 is 5.32 Å². The van der Waals surface area contributed by atoms with Crippen molar-refractivity contribution >= 4 is 17.7 Å². The Hall–Kier alpha value is -2.21. The summed E-state index contributed by atoms with van der Waals surface area (Å²) in [4.78, 5) is 35.6. The van der Waals surface area contributed by atoms with Gasteiger partial charge < -0.3 is 15.2 Å². The topological polar surface area (TPSA) is 92.7 Å². The van der Waals surface area contributed by atoms with Gasteiger partial charge in [0.25, 0.3) is 0 Å². The number of nitrogens with one attached hydrogen (secondary N) is 1. The van der Waals surface area contributed by atoms with Crippen molar-refractivity contribution < 1.29 is 24.2 Å². The fourth-order valence-electron chi connectivity index (χ4n) is 2.61. The van der Waals surface area contributed by atoms with E-state index in [9.17, 15) is 19.5 Å². The molecular formula is C17H21NO5. The van der Waals surface area contributed by atoms with Gasteiger partial charge >= 0.3 is 5.97 Å².